The first kappa shape index (κ1) is 9.41. The van der Waals surface area contributed by atoms with Gasteiger partial charge >= 0.3 is 0 Å². The number of hydrogen-bond acceptors (Lipinski definition) is 3. The Kier molecular flexibility index (Phi) is 2.46. The van der Waals surface area contributed by atoms with Crippen LogP contribution in [0, 0.1) is 11.3 Å². The number of aromatic nitrogens is 3. The van der Waals surface area contributed by atoms with Crippen LogP contribution in [0.25, 0.3) is 11.4 Å². The molecule has 74 valence electrons. The van der Waals surface area contributed by atoms with Crippen molar-refractivity contribution in [3.63, 3.8) is 0 Å². The first-order valence-electron chi connectivity index (χ1n) is 4.61. The van der Waals surface area contributed by atoms with E-state index in [0.29, 0.717) is 6.42 Å². The van der Waals surface area contributed by atoms with E-state index in [1.165, 1.54) is 0 Å². The molecule has 0 atom stereocenters. The molecule has 15 heavy (non-hydrogen) atoms. The van der Waals surface area contributed by atoms with E-state index in [0.717, 1.165) is 17.1 Å². The molecular weight excluding hydrogens is 188 g/mol. The summed E-state index contributed by atoms with van der Waals surface area (Å²) in [5.74, 6) is 0.841. The first-order valence-corrected chi connectivity index (χ1v) is 4.61. The van der Waals surface area contributed by atoms with E-state index in [2.05, 4.69) is 16.0 Å². The van der Waals surface area contributed by atoms with Crippen LogP contribution in [0.1, 0.15) is 5.69 Å². The Hall–Kier alpha value is -2.15. The minimum atomic E-state index is 0.379. The van der Waals surface area contributed by atoms with Gasteiger partial charge in [-0.05, 0) is 12.1 Å². The molecule has 0 spiro atoms. The molecule has 4 heteroatoms. The Morgan fingerprint density at radius 2 is 2.33 bits per heavy atom. The average Bonchev–Trinajstić information content (AvgIpc) is 2.63. The Bertz CT molecular complexity index is 493. The Labute approximate surface area is 87.8 Å². The van der Waals surface area contributed by atoms with Gasteiger partial charge in [-0.3, -0.25) is 4.98 Å². The second-order valence-electron chi connectivity index (χ2n) is 3.21. The molecule has 2 aromatic heterocycles. The third kappa shape index (κ3) is 1.72. The molecule has 0 aliphatic carbocycles. The molecule has 2 aromatic rings. The lowest BCUT2D eigenvalue weighted by molar-refractivity contribution is 0.863. The third-order valence-electron chi connectivity index (χ3n) is 2.26. The highest BCUT2D eigenvalue weighted by atomic mass is 15.1. The van der Waals surface area contributed by atoms with Crippen molar-refractivity contribution >= 4 is 0 Å². The summed E-state index contributed by atoms with van der Waals surface area (Å²) in [6.07, 6.45) is 5.59. The zero-order valence-corrected chi connectivity index (χ0v) is 8.38. The lowest BCUT2D eigenvalue weighted by Gasteiger charge is -2.02. The molecular formula is C11H10N4. The largest absolute Gasteiger partial charge is 0.330 e. The van der Waals surface area contributed by atoms with Crippen molar-refractivity contribution in [2.45, 2.75) is 6.42 Å². The molecule has 2 heterocycles. The van der Waals surface area contributed by atoms with Crippen molar-refractivity contribution < 1.29 is 0 Å². The SMILES string of the molecule is Cn1c(CC#N)cnc1-c1cccnc1. The molecule has 0 unspecified atom stereocenters. The van der Waals surface area contributed by atoms with Gasteiger partial charge in [-0.1, -0.05) is 0 Å². The topological polar surface area (TPSA) is 54.5 Å². The van der Waals surface area contributed by atoms with E-state index in [-0.39, 0.29) is 0 Å². The van der Waals surface area contributed by atoms with Crippen LogP contribution >= 0.6 is 0 Å². The third-order valence-corrected chi connectivity index (χ3v) is 2.26. The van der Waals surface area contributed by atoms with Crippen LogP contribution in [0.3, 0.4) is 0 Å². The van der Waals surface area contributed by atoms with Crippen LogP contribution in [-0.4, -0.2) is 14.5 Å². The zero-order chi connectivity index (χ0) is 10.7. The monoisotopic (exact) mass is 198 g/mol. The van der Waals surface area contributed by atoms with Gasteiger partial charge in [0.25, 0.3) is 0 Å². The van der Waals surface area contributed by atoms with Gasteiger partial charge < -0.3 is 4.57 Å². The summed E-state index contributed by atoms with van der Waals surface area (Å²) >= 11 is 0. The fourth-order valence-corrected chi connectivity index (χ4v) is 1.45. The second-order valence-corrected chi connectivity index (χ2v) is 3.21. The summed E-state index contributed by atoms with van der Waals surface area (Å²) in [4.78, 5) is 8.32. The molecule has 2 rings (SSSR count). The summed E-state index contributed by atoms with van der Waals surface area (Å²) in [6, 6.07) is 5.93. The average molecular weight is 198 g/mol. The quantitative estimate of drug-likeness (QED) is 0.735. The second kappa shape index (κ2) is 3.93. The fourth-order valence-electron chi connectivity index (χ4n) is 1.45. The minimum Gasteiger partial charge on any atom is -0.330 e. The van der Waals surface area contributed by atoms with E-state index in [4.69, 9.17) is 5.26 Å². The molecule has 0 N–H and O–H groups in total. The minimum absolute atomic E-state index is 0.379. The van der Waals surface area contributed by atoms with Gasteiger partial charge in [0.15, 0.2) is 0 Å². The smallest absolute Gasteiger partial charge is 0.141 e. The van der Waals surface area contributed by atoms with Gasteiger partial charge in [-0.2, -0.15) is 5.26 Å². The number of hydrogen-bond donors (Lipinski definition) is 0. The van der Waals surface area contributed by atoms with Crippen molar-refractivity contribution in [1.82, 2.24) is 14.5 Å². The Morgan fingerprint density at radius 3 is 3.00 bits per heavy atom. The lowest BCUT2D eigenvalue weighted by Crippen LogP contribution is -1.97. The van der Waals surface area contributed by atoms with Gasteiger partial charge in [-0.25, -0.2) is 4.98 Å². The van der Waals surface area contributed by atoms with Crippen LogP contribution in [0.4, 0.5) is 0 Å². The Balaban J connectivity index is 2.43. The van der Waals surface area contributed by atoms with Crippen molar-refractivity contribution in [1.29, 1.82) is 5.26 Å². The number of imidazole rings is 1. The Morgan fingerprint density at radius 1 is 1.47 bits per heavy atom. The maximum atomic E-state index is 8.62. The van der Waals surface area contributed by atoms with Crippen molar-refractivity contribution in [3.8, 4) is 17.5 Å². The van der Waals surface area contributed by atoms with Crippen LogP contribution in [0.2, 0.25) is 0 Å². The summed E-state index contributed by atoms with van der Waals surface area (Å²) < 4.78 is 1.92. The highest BCUT2D eigenvalue weighted by Gasteiger charge is 2.07. The first-order chi connectivity index (χ1) is 7.33. The summed E-state index contributed by atoms with van der Waals surface area (Å²) in [5, 5.41) is 8.62. The molecule has 0 aliphatic rings. The number of nitriles is 1. The zero-order valence-electron chi connectivity index (χ0n) is 8.38. The molecule has 0 aromatic carbocycles. The van der Waals surface area contributed by atoms with E-state index >= 15 is 0 Å². The molecule has 0 fully saturated rings. The predicted molar refractivity (Wildman–Crippen MR) is 55.8 cm³/mol. The highest BCUT2D eigenvalue weighted by Crippen LogP contribution is 2.16. The molecule has 0 saturated carbocycles. The highest BCUT2D eigenvalue weighted by molar-refractivity contribution is 5.54. The molecule has 0 bridgehead atoms. The van der Waals surface area contributed by atoms with Gasteiger partial charge in [0.05, 0.1) is 18.2 Å². The standard InChI is InChI=1S/C11H10N4/c1-15-10(4-5-12)8-14-11(15)9-3-2-6-13-7-9/h2-3,6-8H,4H2,1H3. The van der Waals surface area contributed by atoms with E-state index in [9.17, 15) is 0 Å². The van der Waals surface area contributed by atoms with Gasteiger partial charge in [0.1, 0.15) is 5.82 Å². The van der Waals surface area contributed by atoms with Gasteiger partial charge in [-0.15, -0.1) is 0 Å². The fraction of sp³-hybridized carbons (Fsp3) is 0.182. The molecule has 0 saturated heterocycles. The molecule has 0 amide bonds. The normalized spacial score (nSPS) is 9.87. The van der Waals surface area contributed by atoms with Crippen LogP contribution in [0.15, 0.2) is 30.7 Å². The summed E-state index contributed by atoms with van der Waals surface area (Å²) in [6.45, 7) is 0. The maximum Gasteiger partial charge on any atom is 0.141 e. The number of nitrogens with zero attached hydrogens (tertiary/aromatic N) is 4. The summed E-state index contributed by atoms with van der Waals surface area (Å²) in [5.41, 5.74) is 1.88. The van der Waals surface area contributed by atoms with Crippen molar-refractivity contribution in [3.05, 3.63) is 36.4 Å². The maximum absolute atomic E-state index is 8.62. The molecule has 0 radical (unpaired) electrons. The van der Waals surface area contributed by atoms with Crippen molar-refractivity contribution in [2.24, 2.45) is 7.05 Å². The number of rotatable bonds is 2. The molecule has 0 aliphatic heterocycles. The van der Waals surface area contributed by atoms with Gasteiger partial charge in [0, 0.05) is 31.2 Å². The predicted octanol–water partition coefficient (Wildman–Crippen LogP) is 1.55. The van der Waals surface area contributed by atoms with Gasteiger partial charge in [0.2, 0.25) is 0 Å². The lowest BCUT2D eigenvalue weighted by atomic mass is 10.3. The van der Waals surface area contributed by atoms with Crippen molar-refractivity contribution in [2.75, 3.05) is 0 Å². The van der Waals surface area contributed by atoms with Crippen LogP contribution in [0.5, 0.6) is 0 Å². The van der Waals surface area contributed by atoms with E-state index in [1.54, 1.807) is 18.6 Å². The molecule has 4 nitrogen and oxygen atoms in total. The summed E-state index contributed by atoms with van der Waals surface area (Å²) in [7, 11) is 1.90. The van der Waals surface area contributed by atoms with Crippen LogP contribution in [-0.2, 0) is 13.5 Å². The number of pyridine rings is 1. The van der Waals surface area contributed by atoms with E-state index < -0.39 is 0 Å². The van der Waals surface area contributed by atoms with Crippen LogP contribution < -0.4 is 0 Å². The van der Waals surface area contributed by atoms with E-state index in [1.807, 2.05) is 23.7 Å².